The zero-order chi connectivity index (χ0) is 21.3. The van der Waals surface area contributed by atoms with E-state index in [1.165, 1.54) is 0 Å². The molecule has 0 amide bonds. The summed E-state index contributed by atoms with van der Waals surface area (Å²) in [5.74, 6) is -1.57. The molecule has 0 spiro atoms. The number of hydrogen-bond donors (Lipinski definition) is 1. The molecule has 0 aliphatic heterocycles. The first-order chi connectivity index (χ1) is 12.7. The van der Waals surface area contributed by atoms with E-state index in [1.807, 2.05) is 0 Å². The summed E-state index contributed by atoms with van der Waals surface area (Å²) in [4.78, 5) is 10.3. The van der Waals surface area contributed by atoms with E-state index < -0.39 is 43.5 Å². The van der Waals surface area contributed by atoms with Crippen molar-refractivity contribution in [3.8, 4) is 0 Å². The van der Waals surface area contributed by atoms with Gasteiger partial charge in [0.05, 0.1) is 16.0 Å². The number of benzene rings is 2. The average molecular weight is 444 g/mol. The zero-order valence-corrected chi connectivity index (χ0v) is 15.1. The van der Waals surface area contributed by atoms with Crippen molar-refractivity contribution in [1.29, 1.82) is 0 Å². The molecular formula is C16H10F6O4S2. The van der Waals surface area contributed by atoms with Gasteiger partial charge in [0.1, 0.15) is 0 Å². The lowest BCUT2D eigenvalue weighted by molar-refractivity contribution is -0.137. The van der Waals surface area contributed by atoms with Gasteiger partial charge in [-0.2, -0.15) is 26.3 Å². The van der Waals surface area contributed by atoms with Gasteiger partial charge in [-0.05, 0) is 35.9 Å². The predicted molar refractivity (Wildman–Crippen MR) is 87.6 cm³/mol. The first-order valence-electron chi connectivity index (χ1n) is 7.21. The lowest BCUT2D eigenvalue weighted by Crippen LogP contribution is -2.23. The van der Waals surface area contributed by atoms with E-state index in [4.69, 9.17) is 5.11 Å². The monoisotopic (exact) mass is 444 g/mol. The molecule has 0 fully saturated rings. The number of halogens is 6. The quantitative estimate of drug-likeness (QED) is 0.520. The molecule has 28 heavy (non-hydrogen) atoms. The SMILES string of the molecule is O=C(O)c1cc(C(F)(F)F)ccc1SCc1ccc(S(=O)(=O)C(F)(F)F)cc1. The maximum absolute atomic E-state index is 12.7. The van der Waals surface area contributed by atoms with Crippen LogP contribution >= 0.6 is 11.8 Å². The fraction of sp³-hybridized carbons (Fsp3) is 0.188. The number of rotatable bonds is 5. The van der Waals surface area contributed by atoms with Gasteiger partial charge in [0, 0.05) is 10.6 Å². The molecule has 0 heterocycles. The maximum Gasteiger partial charge on any atom is 0.501 e. The van der Waals surface area contributed by atoms with Crippen molar-refractivity contribution in [2.75, 3.05) is 0 Å². The number of hydrogen-bond acceptors (Lipinski definition) is 4. The fourth-order valence-electron chi connectivity index (χ4n) is 2.06. The van der Waals surface area contributed by atoms with Crippen molar-refractivity contribution in [2.24, 2.45) is 0 Å². The lowest BCUT2D eigenvalue weighted by atomic mass is 10.1. The maximum atomic E-state index is 12.7. The second-order valence-corrected chi connectivity index (χ2v) is 8.35. The molecule has 0 aromatic heterocycles. The minimum absolute atomic E-state index is 0.00199. The van der Waals surface area contributed by atoms with Crippen LogP contribution in [-0.2, 0) is 21.8 Å². The van der Waals surface area contributed by atoms with Crippen molar-refractivity contribution in [3.05, 3.63) is 59.2 Å². The van der Waals surface area contributed by atoms with Crippen LogP contribution in [0.3, 0.4) is 0 Å². The molecule has 0 aliphatic carbocycles. The van der Waals surface area contributed by atoms with Crippen LogP contribution in [0.2, 0.25) is 0 Å². The smallest absolute Gasteiger partial charge is 0.478 e. The molecule has 2 aromatic carbocycles. The Bertz CT molecular complexity index is 980. The highest BCUT2D eigenvalue weighted by atomic mass is 32.2. The van der Waals surface area contributed by atoms with Gasteiger partial charge in [-0.1, -0.05) is 12.1 Å². The molecular weight excluding hydrogens is 434 g/mol. The molecule has 2 rings (SSSR count). The van der Waals surface area contributed by atoms with Crippen LogP contribution in [0.4, 0.5) is 26.3 Å². The van der Waals surface area contributed by atoms with Crippen molar-refractivity contribution in [3.63, 3.8) is 0 Å². The Morgan fingerprint density at radius 2 is 1.54 bits per heavy atom. The first kappa shape index (κ1) is 22.1. The summed E-state index contributed by atoms with van der Waals surface area (Å²) in [5.41, 5.74) is -6.80. The van der Waals surface area contributed by atoms with E-state index in [0.29, 0.717) is 17.7 Å². The molecule has 2 aromatic rings. The highest BCUT2D eigenvalue weighted by Gasteiger charge is 2.46. The Morgan fingerprint density at radius 3 is 2.00 bits per heavy atom. The molecule has 0 unspecified atom stereocenters. The van der Waals surface area contributed by atoms with Crippen LogP contribution in [0.15, 0.2) is 52.3 Å². The van der Waals surface area contributed by atoms with Crippen LogP contribution in [0.25, 0.3) is 0 Å². The van der Waals surface area contributed by atoms with Gasteiger partial charge in [-0.25, -0.2) is 13.2 Å². The third-order valence-electron chi connectivity index (χ3n) is 3.47. The Labute approximate surface area is 159 Å². The summed E-state index contributed by atoms with van der Waals surface area (Å²) in [6.45, 7) is 0. The van der Waals surface area contributed by atoms with Gasteiger partial charge < -0.3 is 5.11 Å². The molecule has 152 valence electrons. The summed E-state index contributed by atoms with van der Waals surface area (Å²) in [5, 5.41) is 9.10. The highest BCUT2D eigenvalue weighted by Crippen LogP contribution is 2.35. The summed E-state index contributed by atoms with van der Waals surface area (Å²) in [7, 11) is -5.49. The van der Waals surface area contributed by atoms with Crippen LogP contribution in [-0.4, -0.2) is 25.0 Å². The highest BCUT2D eigenvalue weighted by molar-refractivity contribution is 7.98. The number of sulfone groups is 1. The second-order valence-electron chi connectivity index (χ2n) is 5.40. The van der Waals surface area contributed by atoms with E-state index >= 15 is 0 Å². The number of alkyl halides is 6. The number of aromatic carboxylic acids is 1. The molecule has 0 aliphatic rings. The molecule has 0 saturated carbocycles. The standard InChI is InChI=1S/C16H10F6O4S2/c17-15(18,19)10-3-6-13(12(7-10)14(23)24)27-8-9-1-4-11(5-2-9)28(25,26)16(20,21)22/h1-7H,8H2,(H,23,24). The summed E-state index contributed by atoms with van der Waals surface area (Å²) in [6, 6.07) is 5.91. The van der Waals surface area contributed by atoms with Crippen molar-refractivity contribution >= 4 is 27.6 Å². The normalized spacial score (nSPS) is 12.8. The molecule has 4 nitrogen and oxygen atoms in total. The van der Waals surface area contributed by atoms with Crippen molar-refractivity contribution < 1.29 is 44.7 Å². The van der Waals surface area contributed by atoms with Gasteiger partial charge in [-0.15, -0.1) is 11.8 Å². The van der Waals surface area contributed by atoms with Crippen LogP contribution in [0, 0.1) is 0 Å². The predicted octanol–water partition coefficient (Wildman–Crippen LogP) is 4.99. The Hall–Kier alpha value is -2.21. The Kier molecular flexibility index (Phi) is 6.04. The first-order valence-corrected chi connectivity index (χ1v) is 9.68. The number of thioether (sulfide) groups is 1. The fourth-order valence-corrected chi connectivity index (χ4v) is 3.80. The Morgan fingerprint density at radius 1 is 0.964 bits per heavy atom. The molecule has 1 N–H and O–H groups in total. The van der Waals surface area contributed by atoms with Gasteiger partial charge in [0.15, 0.2) is 0 Å². The zero-order valence-electron chi connectivity index (χ0n) is 13.5. The van der Waals surface area contributed by atoms with Gasteiger partial charge in [-0.3, -0.25) is 0 Å². The summed E-state index contributed by atoms with van der Waals surface area (Å²) < 4.78 is 98.2. The van der Waals surface area contributed by atoms with E-state index in [-0.39, 0.29) is 10.6 Å². The second kappa shape index (κ2) is 7.66. The Balaban J connectivity index is 2.22. The molecule has 0 radical (unpaired) electrons. The lowest BCUT2D eigenvalue weighted by Gasteiger charge is -2.11. The number of carboxylic acid groups (broad SMARTS) is 1. The van der Waals surface area contributed by atoms with Crippen molar-refractivity contribution in [2.45, 2.75) is 27.2 Å². The summed E-state index contributed by atoms with van der Waals surface area (Å²) in [6.07, 6.45) is -4.72. The van der Waals surface area contributed by atoms with Crippen LogP contribution < -0.4 is 0 Å². The third-order valence-corrected chi connectivity index (χ3v) is 6.12. The van der Waals surface area contributed by atoms with Crippen molar-refractivity contribution in [1.82, 2.24) is 0 Å². The summed E-state index contributed by atoms with van der Waals surface area (Å²) >= 11 is 0.847. The molecule has 0 bridgehead atoms. The number of carbonyl (C=O) groups is 1. The van der Waals surface area contributed by atoms with Gasteiger partial charge >= 0.3 is 17.7 Å². The molecule has 12 heteroatoms. The molecule has 0 atom stereocenters. The topological polar surface area (TPSA) is 71.4 Å². The van der Waals surface area contributed by atoms with E-state index in [9.17, 15) is 39.6 Å². The van der Waals surface area contributed by atoms with Gasteiger partial charge in [0.25, 0.3) is 9.84 Å². The average Bonchev–Trinajstić information content (AvgIpc) is 2.58. The largest absolute Gasteiger partial charge is 0.501 e. The number of carboxylic acids is 1. The van der Waals surface area contributed by atoms with E-state index in [0.717, 1.165) is 42.1 Å². The van der Waals surface area contributed by atoms with E-state index in [2.05, 4.69) is 0 Å². The molecule has 0 saturated heterocycles. The van der Waals surface area contributed by atoms with Crippen LogP contribution in [0.1, 0.15) is 21.5 Å². The minimum Gasteiger partial charge on any atom is -0.478 e. The van der Waals surface area contributed by atoms with E-state index in [1.54, 1.807) is 0 Å². The van der Waals surface area contributed by atoms with Gasteiger partial charge in [0.2, 0.25) is 0 Å². The third kappa shape index (κ3) is 4.79. The minimum atomic E-state index is -5.49. The van der Waals surface area contributed by atoms with Crippen LogP contribution in [0.5, 0.6) is 0 Å².